The molecule has 1 aromatic rings. The molecule has 4 heteroatoms. The number of aromatic nitrogens is 2. The van der Waals surface area contributed by atoms with Crippen molar-refractivity contribution < 1.29 is 4.74 Å². The van der Waals surface area contributed by atoms with Gasteiger partial charge in [-0.25, -0.2) is 4.98 Å². The molecule has 2 N–H and O–H groups in total. The summed E-state index contributed by atoms with van der Waals surface area (Å²) in [6.07, 6.45) is 7.47. The second-order valence-corrected chi connectivity index (χ2v) is 4.02. The van der Waals surface area contributed by atoms with Gasteiger partial charge in [0.25, 0.3) is 0 Å². The molecule has 15 heavy (non-hydrogen) atoms. The van der Waals surface area contributed by atoms with Crippen molar-refractivity contribution in [2.75, 3.05) is 6.61 Å². The van der Waals surface area contributed by atoms with Crippen LogP contribution in [0, 0.1) is 0 Å². The highest BCUT2D eigenvalue weighted by Crippen LogP contribution is 2.17. The number of ether oxygens (including phenoxy) is 1. The summed E-state index contributed by atoms with van der Waals surface area (Å²) < 4.78 is 5.69. The fourth-order valence-corrected chi connectivity index (χ4v) is 2.08. The molecule has 1 saturated heterocycles. The first kappa shape index (κ1) is 10.6. The summed E-state index contributed by atoms with van der Waals surface area (Å²) in [4.78, 5) is 7.09. The normalized spacial score (nSPS) is 23.1. The van der Waals surface area contributed by atoms with Crippen LogP contribution in [0.25, 0.3) is 0 Å². The van der Waals surface area contributed by atoms with Crippen molar-refractivity contribution in [1.29, 1.82) is 0 Å². The van der Waals surface area contributed by atoms with Crippen LogP contribution >= 0.6 is 0 Å². The van der Waals surface area contributed by atoms with Crippen LogP contribution < -0.4 is 5.32 Å². The molecule has 0 radical (unpaired) electrons. The number of nitrogens with zero attached hydrogens (tertiary/aromatic N) is 1. The van der Waals surface area contributed by atoms with Crippen LogP contribution in [0.15, 0.2) is 12.5 Å². The Morgan fingerprint density at radius 1 is 1.73 bits per heavy atom. The standard InChI is InChI=1S/C11H19N3O/c1-2-10(11-4-3-5-15-11)13-7-9-6-12-8-14-9/h6,8,10-11,13H,2-5,7H2,1H3,(H,12,14). The monoisotopic (exact) mass is 209 g/mol. The van der Waals surface area contributed by atoms with E-state index in [4.69, 9.17) is 4.74 Å². The molecule has 1 aromatic heterocycles. The molecule has 84 valence electrons. The number of aromatic amines is 1. The molecule has 0 spiro atoms. The summed E-state index contributed by atoms with van der Waals surface area (Å²) in [6, 6.07) is 0.468. The lowest BCUT2D eigenvalue weighted by molar-refractivity contribution is 0.0764. The Labute approximate surface area is 90.4 Å². The van der Waals surface area contributed by atoms with Crippen molar-refractivity contribution in [3.63, 3.8) is 0 Å². The maximum absolute atomic E-state index is 5.69. The first-order valence-electron chi connectivity index (χ1n) is 5.72. The Bertz CT molecular complexity index is 267. The Morgan fingerprint density at radius 2 is 2.67 bits per heavy atom. The molecule has 0 aliphatic carbocycles. The maximum Gasteiger partial charge on any atom is 0.0922 e. The molecule has 2 unspecified atom stereocenters. The van der Waals surface area contributed by atoms with Crippen molar-refractivity contribution in [2.45, 2.75) is 44.9 Å². The molecule has 4 nitrogen and oxygen atoms in total. The summed E-state index contributed by atoms with van der Waals surface area (Å²) in [5.74, 6) is 0. The van der Waals surface area contributed by atoms with E-state index in [0.29, 0.717) is 12.1 Å². The molecule has 0 saturated carbocycles. The van der Waals surface area contributed by atoms with Gasteiger partial charge in [0.2, 0.25) is 0 Å². The van der Waals surface area contributed by atoms with E-state index in [-0.39, 0.29) is 0 Å². The molecule has 2 rings (SSSR count). The minimum atomic E-state index is 0.401. The summed E-state index contributed by atoms with van der Waals surface area (Å²) in [5, 5.41) is 3.52. The Kier molecular flexibility index (Phi) is 3.75. The van der Waals surface area contributed by atoms with E-state index < -0.39 is 0 Å². The third-order valence-corrected chi connectivity index (χ3v) is 2.96. The van der Waals surface area contributed by atoms with Gasteiger partial charge in [0.15, 0.2) is 0 Å². The van der Waals surface area contributed by atoms with Crippen LogP contribution in [0.1, 0.15) is 31.9 Å². The fourth-order valence-electron chi connectivity index (χ4n) is 2.08. The SMILES string of the molecule is CCC(NCc1cnc[nH]1)C1CCCO1. The smallest absolute Gasteiger partial charge is 0.0922 e. The summed E-state index contributed by atoms with van der Waals surface area (Å²) in [5.41, 5.74) is 1.13. The minimum absolute atomic E-state index is 0.401. The molecule has 2 atom stereocenters. The molecule has 0 bridgehead atoms. The Morgan fingerprint density at radius 3 is 3.27 bits per heavy atom. The Balaban J connectivity index is 1.80. The van der Waals surface area contributed by atoms with Crippen LogP contribution in [-0.2, 0) is 11.3 Å². The number of nitrogens with one attached hydrogen (secondary N) is 2. The van der Waals surface area contributed by atoms with Crippen LogP contribution in [0.2, 0.25) is 0 Å². The van der Waals surface area contributed by atoms with Gasteiger partial charge < -0.3 is 15.0 Å². The van der Waals surface area contributed by atoms with Crippen molar-refractivity contribution in [3.8, 4) is 0 Å². The van der Waals surface area contributed by atoms with Crippen molar-refractivity contribution in [1.82, 2.24) is 15.3 Å². The van der Waals surface area contributed by atoms with Crippen molar-refractivity contribution >= 4 is 0 Å². The number of imidazole rings is 1. The molecule has 2 heterocycles. The first-order valence-corrected chi connectivity index (χ1v) is 5.72. The zero-order chi connectivity index (χ0) is 10.5. The van der Waals surface area contributed by atoms with Crippen molar-refractivity contribution in [2.24, 2.45) is 0 Å². The van der Waals surface area contributed by atoms with Crippen LogP contribution in [0.5, 0.6) is 0 Å². The molecule has 1 aliphatic heterocycles. The summed E-state index contributed by atoms with van der Waals surface area (Å²) >= 11 is 0. The maximum atomic E-state index is 5.69. The second kappa shape index (κ2) is 5.28. The van der Waals surface area contributed by atoms with Gasteiger partial charge in [0.05, 0.1) is 12.4 Å². The second-order valence-electron chi connectivity index (χ2n) is 4.02. The van der Waals surface area contributed by atoms with Crippen LogP contribution in [0.4, 0.5) is 0 Å². The summed E-state index contributed by atoms with van der Waals surface area (Å²) in [7, 11) is 0. The van der Waals surface area contributed by atoms with E-state index in [2.05, 4.69) is 22.2 Å². The lowest BCUT2D eigenvalue weighted by atomic mass is 10.1. The van der Waals surface area contributed by atoms with Gasteiger partial charge in [0.1, 0.15) is 0 Å². The fraction of sp³-hybridized carbons (Fsp3) is 0.727. The Hall–Kier alpha value is -0.870. The van der Waals surface area contributed by atoms with E-state index in [1.807, 2.05) is 6.20 Å². The average Bonchev–Trinajstić information content (AvgIpc) is 2.90. The van der Waals surface area contributed by atoms with Gasteiger partial charge in [-0.05, 0) is 19.3 Å². The van der Waals surface area contributed by atoms with Gasteiger partial charge in [-0.1, -0.05) is 6.92 Å². The third-order valence-electron chi connectivity index (χ3n) is 2.96. The van der Waals surface area contributed by atoms with Crippen LogP contribution in [0.3, 0.4) is 0 Å². The molecule has 1 fully saturated rings. The topological polar surface area (TPSA) is 49.9 Å². The summed E-state index contributed by atoms with van der Waals surface area (Å²) in [6.45, 7) is 3.97. The highest BCUT2D eigenvalue weighted by molar-refractivity contribution is 4.94. The zero-order valence-electron chi connectivity index (χ0n) is 9.20. The molecule has 1 aliphatic rings. The van der Waals surface area contributed by atoms with Gasteiger partial charge in [0, 0.05) is 31.1 Å². The quantitative estimate of drug-likeness (QED) is 0.772. The van der Waals surface area contributed by atoms with E-state index in [1.165, 1.54) is 12.8 Å². The van der Waals surface area contributed by atoms with Crippen molar-refractivity contribution in [3.05, 3.63) is 18.2 Å². The van der Waals surface area contributed by atoms with E-state index in [1.54, 1.807) is 6.33 Å². The minimum Gasteiger partial charge on any atom is -0.377 e. The van der Waals surface area contributed by atoms with Gasteiger partial charge in [-0.2, -0.15) is 0 Å². The number of hydrogen-bond acceptors (Lipinski definition) is 3. The molecule has 0 amide bonds. The van der Waals surface area contributed by atoms with Gasteiger partial charge in [-0.15, -0.1) is 0 Å². The van der Waals surface area contributed by atoms with E-state index in [0.717, 1.165) is 25.3 Å². The average molecular weight is 209 g/mol. The third kappa shape index (κ3) is 2.79. The van der Waals surface area contributed by atoms with Crippen LogP contribution in [-0.4, -0.2) is 28.7 Å². The van der Waals surface area contributed by atoms with Gasteiger partial charge >= 0.3 is 0 Å². The number of rotatable bonds is 5. The number of H-pyrrole nitrogens is 1. The largest absolute Gasteiger partial charge is 0.377 e. The first-order chi connectivity index (χ1) is 7.40. The predicted molar refractivity (Wildman–Crippen MR) is 58.5 cm³/mol. The zero-order valence-corrected chi connectivity index (χ0v) is 9.20. The number of hydrogen-bond donors (Lipinski definition) is 2. The highest BCUT2D eigenvalue weighted by Gasteiger charge is 2.23. The predicted octanol–water partition coefficient (Wildman–Crippen LogP) is 1.46. The van der Waals surface area contributed by atoms with E-state index in [9.17, 15) is 0 Å². The molecular weight excluding hydrogens is 190 g/mol. The van der Waals surface area contributed by atoms with Gasteiger partial charge in [-0.3, -0.25) is 0 Å². The highest BCUT2D eigenvalue weighted by atomic mass is 16.5. The lowest BCUT2D eigenvalue weighted by Crippen LogP contribution is -2.38. The molecular formula is C11H19N3O. The molecule has 0 aromatic carbocycles. The van der Waals surface area contributed by atoms with E-state index >= 15 is 0 Å². The lowest BCUT2D eigenvalue weighted by Gasteiger charge is -2.22.